The third-order valence-electron chi connectivity index (χ3n) is 2.83. The fourth-order valence-corrected chi connectivity index (χ4v) is 1.67. The van der Waals surface area contributed by atoms with E-state index in [1.54, 1.807) is 4.68 Å². The molecule has 18 heavy (non-hydrogen) atoms. The molecule has 2 N–H and O–H groups in total. The summed E-state index contributed by atoms with van der Waals surface area (Å²) in [5.41, 5.74) is 0.922. The molecule has 0 spiro atoms. The zero-order valence-corrected chi connectivity index (χ0v) is 10.9. The maximum Gasteiger partial charge on any atom is 0.222 e. The molecule has 6 heteroatoms. The van der Waals surface area contributed by atoms with Gasteiger partial charge >= 0.3 is 0 Å². The molecule has 0 radical (unpaired) electrons. The van der Waals surface area contributed by atoms with Gasteiger partial charge in [0, 0.05) is 25.2 Å². The lowest BCUT2D eigenvalue weighted by Gasteiger charge is -2.02. The van der Waals surface area contributed by atoms with Crippen molar-refractivity contribution in [2.24, 2.45) is 0 Å². The molecule has 0 atom stereocenters. The summed E-state index contributed by atoms with van der Waals surface area (Å²) in [5, 5.41) is 14.3. The Labute approximate surface area is 107 Å². The van der Waals surface area contributed by atoms with Crippen LogP contribution < -0.4 is 10.6 Å². The molecule has 1 saturated carbocycles. The fraction of sp³-hybridized carbons (Fsp3) is 0.750. The SMILES string of the molecule is CCCNCc1cn(CCC(=O)NC2CC2)nn1. The molecule has 0 bridgehead atoms. The summed E-state index contributed by atoms with van der Waals surface area (Å²) in [6, 6.07) is 0.432. The highest BCUT2D eigenvalue weighted by atomic mass is 16.1. The average molecular weight is 251 g/mol. The van der Waals surface area contributed by atoms with Crippen molar-refractivity contribution in [1.82, 2.24) is 25.6 Å². The van der Waals surface area contributed by atoms with E-state index in [1.807, 2.05) is 6.20 Å². The Morgan fingerprint density at radius 1 is 1.56 bits per heavy atom. The predicted octanol–water partition coefficient (Wildman–Crippen LogP) is 0.446. The maximum atomic E-state index is 11.5. The van der Waals surface area contributed by atoms with Crippen molar-refractivity contribution in [1.29, 1.82) is 0 Å². The van der Waals surface area contributed by atoms with E-state index in [9.17, 15) is 4.79 Å². The molecular formula is C12H21N5O. The summed E-state index contributed by atoms with van der Waals surface area (Å²) in [5.74, 6) is 0.110. The molecule has 0 aliphatic heterocycles. The summed E-state index contributed by atoms with van der Waals surface area (Å²) in [6.45, 7) is 4.44. The minimum absolute atomic E-state index is 0.110. The number of hydrogen-bond donors (Lipinski definition) is 2. The number of nitrogens with one attached hydrogen (secondary N) is 2. The molecule has 2 rings (SSSR count). The molecule has 100 valence electrons. The van der Waals surface area contributed by atoms with Crippen molar-refractivity contribution in [3.8, 4) is 0 Å². The smallest absolute Gasteiger partial charge is 0.222 e. The Balaban J connectivity index is 1.67. The van der Waals surface area contributed by atoms with Crippen molar-refractivity contribution in [3.05, 3.63) is 11.9 Å². The molecule has 0 unspecified atom stereocenters. The number of carbonyl (C=O) groups is 1. The summed E-state index contributed by atoms with van der Waals surface area (Å²) in [6.07, 6.45) is 5.73. The Hall–Kier alpha value is -1.43. The second-order valence-electron chi connectivity index (χ2n) is 4.74. The van der Waals surface area contributed by atoms with E-state index in [1.165, 1.54) is 0 Å². The zero-order valence-electron chi connectivity index (χ0n) is 10.9. The zero-order chi connectivity index (χ0) is 12.8. The number of hydrogen-bond acceptors (Lipinski definition) is 4. The van der Waals surface area contributed by atoms with E-state index in [0.29, 0.717) is 19.0 Å². The van der Waals surface area contributed by atoms with Gasteiger partial charge in [0.1, 0.15) is 0 Å². The van der Waals surface area contributed by atoms with E-state index >= 15 is 0 Å². The third-order valence-corrected chi connectivity index (χ3v) is 2.83. The molecular weight excluding hydrogens is 230 g/mol. The first-order valence-corrected chi connectivity index (χ1v) is 6.67. The normalized spacial score (nSPS) is 14.7. The van der Waals surface area contributed by atoms with Crippen LogP contribution in [0.15, 0.2) is 6.20 Å². The molecule has 1 aliphatic carbocycles. The second kappa shape index (κ2) is 6.49. The van der Waals surface area contributed by atoms with Crippen LogP contribution in [0.2, 0.25) is 0 Å². The largest absolute Gasteiger partial charge is 0.353 e. The highest BCUT2D eigenvalue weighted by Crippen LogP contribution is 2.18. The average Bonchev–Trinajstić information content (AvgIpc) is 3.05. The highest BCUT2D eigenvalue weighted by molar-refractivity contribution is 5.76. The van der Waals surface area contributed by atoms with Crippen LogP contribution in [0.1, 0.15) is 38.3 Å². The Morgan fingerprint density at radius 2 is 2.39 bits per heavy atom. The van der Waals surface area contributed by atoms with E-state index in [0.717, 1.165) is 38.0 Å². The van der Waals surface area contributed by atoms with E-state index < -0.39 is 0 Å². The first-order valence-electron chi connectivity index (χ1n) is 6.67. The summed E-state index contributed by atoms with van der Waals surface area (Å²) in [4.78, 5) is 11.5. The molecule has 1 aliphatic rings. The van der Waals surface area contributed by atoms with Gasteiger partial charge in [-0.25, -0.2) is 0 Å². The molecule has 1 fully saturated rings. The molecule has 0 aromatic carbocycles. The van der Waals surface area contributed by atoms with Gasteiger partial charge in [-0.2, -0.15) is 0 Å². The fourth-order valence-electron chi connectivity index (χ4n) is 1.67. The summed E-state index contributed by atoms with van der Waals surface area (Å²) >= 11 is 0. The van der Waals surface area contributed by atoms with Crippen molar-refractivity contribution in [2.45, 2.75) is 51.7 Å². The maximum absolute atomic E-state index is 11.5. The lowest BCUT2D eigenvalue weighted by molar-refractivity contribution is -0.121. The van der Waals surface area contributed by atoms with Gasteiger partial charge in [0.05, 0.1) is 12.2 Å². The van der Waals surface area contributed by atoms with Crippen LogP contribution in [0.4, 0.5) is 0 Å². The van der Waals surface area contributed by atoms with Crippen LogP contribution in [-0.4, -0.2) is 33.5 Å². The van der Waals surface area contributed by atoms with Crippen LogP contribution in [-0.2, 0) is 17.9 Å². The first-order chi connectivity index (χ1) is 8.78. The summed E-state index contributed by atoms with van der Waals surface area (Å²) in [7, 11) is 0. The summed E-state index contributed by atoms with van der Waals surface area (Å²) < 4.78 is 1.73. The van der Waals surface area contributed by atoms with Gasteiger partial charge in [-0.05, 0) is 25.8 Å². The Bertz CT molecular complexity index is 386. The monoisotopic (exact) mass is 251 g/mol. The number of nitrogens with zero attached hydrogens (tertiary/aromatic N) is 3. The van der Waals surface area contributed by atoms with Gasteiger partial charge in [-0.1, -0.05) is 12.1 Å². The van der Waals surface area contributed by atoms with Crippen LogP contribution in [0.5, 0.6) is 0 Å². The quantitative estimate of drug-likeness (QED) is 0.658. The molecule has 1 aromatic rings. The van der Waals surface area contributed by atoms with Crippen LogP contribution in [0.25, 0.3) is 0 Å². The molecule has 1 heterocycles. The Kier molecular flexibility index (Phi) is 4.69. The van der Waals surface area contributed by atoms with Crippen molar-refractivity contribution >= 4 is 5.91 Å². The lowest BCUT2D eigenvalue weighted by atomic mass is 10.4. The molecule has 1 aromatic heterocycles. The standard InChI is InChI=1S/C12H21N5O/c1-2-6-13-8-11-9-17(16-15-11)7-5-12(18)14-10-3-4-10/h9-10,13H,2-8H2,1H3,(H,14,18). The second-order valence-corrected chi connectivity index (χ2v) is 4.74. The molecule has 0 saturated heterocycles. The van der Waals surface area contributed by atoms with Gasteiger partial charge in [0.15, 0.2) is 0 Å². The van der Waals surface area contributed by atoms with E-state index in [-0.39, 0.29) is 5.91 Å². The number of aromatic nitrogens is 3. The minimum Gasteiger partial charge on any atom is -0.353 e. The van der Waals surface area contributed by atoms with Crippen molar-refractivity contribution < 1.29 is 4.79 Å². The Morgan fingerprint density at radius 3 is 3.11 bits per heavy atom. The topological polar surface area (TPSA) is 71.8 Å². The van der Waals surface area contributed by atoms with Gasteiger partial charge in [0.2, 0.25) is 5.91 Å². The van der Waals surface area contributed by atoms with Gasteiger partial charge < -0.3 is 10.6 Å². The number of aryl methyl sites for hydroxylation is 1. The van der Waals surface area contributed by atoms with Crippen LogP contribution in [0.3, 0.4) is 0 Å². The van der Waals surface area contributed by atoms with E-state index in [4.69, 9.17) is 0 Å². The van der Waals surface area contributed by atoms with Crippen LogP contribution >= 0.6 is 0 Å². The lowest BCUT2D eigenvalue weighted by Crippen LogP contribution is -2.26. The van der Waals surface area contributed by atoms with Gasteiger partial charge in [0.25, 0.3) is 0 Å². The predicted molar refractivity (Wildman–Crippen MR) is 67.8 cm³/mol. The van der Waals surface area contributed by atoms with Crippen LogP contribution in [0, 0.1) is 0 Å². The van der Waals surface area contributed by atoms with Gasteiger partial charge in [-0.15, -0.1) is 5.10 Å². The highest BCUT2D eigenvalue weighted by Gasteiger charge is 2.22. The number of carbonyl (C=O) groups excluding carboxylic acids is 1. The number of rotatable bonds is 8. The molecule has 1 amide bonds. The van der Waals surface area contributed by atoms with Gasteiger partial charge in [-0.3, -0.25) is 9.48 Å². The van der Waals surface area contributed by atoms with E-state index in [2.05, 4.69) is 27.9 Å². The first kappa shape index (κ1) is 13.0. The number of amides is 1. The molecule has 6 nitrogen and oxygen atoms in total. The minimum atomic E-state index is 0.110. The van der Waals surface area contributed by atoms with Crippen molar-refractivity contribution in [3.63, 3.8) is 0 Å². The van der Waals surface area contributed by atoms with Crippen molar-refractivity contribution in [2.75, 3.05) is 6.54 Å². The third kappa shape index (κ3) is 4.44.